The van der Waals surface area contributed by atoms with Crippen LogP contribution < -0.4 is 10.1 Å². The number of amides is 1. The van der Waals surface area contributed by atoms with E-state index >= 15 is 0 Å². The minimum Gasteiger partial charge on any atom is -0.433 e. The van der Waals surface area contributed by atoms with Crippen molar-refractivity contribution in [3.8, 4) is 5.75 Å². The lowest BCUT2D eigenvalue weighted by molar-refractivity contribution is -0.113. The van der Waals surface area contributed by atoms with Gasteiger partial charge in [-0.2, -0.15) is 8.78 Å². The molecule has 24 heavy (non-hydrogen) atoms. The Morgan fingerprint density at radius 1 is 1.25 bits per heavy atom. The number of hydrogen-bond acceptors (Lipinski definition) is 4. The van der Waals surface area contributed by atoms with Crippen molar-refractivity contribution >= 4 is 28.9 Å². The van der Waals surface area contributed by atoms with Gasteiger partial charge < -0.3 is 10.1 Å². The van der Waals surface area contributed by atoms with Crippen LogP contribution >= 0.6 is 11.8 Å². The van der Waals surface area contributed by atoms with E-state index in [-0.39, 0.29) is 23.1 Å². The van der Waals surface area contributed by atoms with Crippen molar-refractivity contribution in [2.45, 2.75) is 11.8 Å². The standard InChI is InChI=1S/C16H13F2N3O2S/c17-15(18)23-13-7-2-1-6-12(13)20-14(22)10-24-16-19-9-11-5-3-4-8-21(11)16/h1-9,15H,10H2,(H,20,22). The van der Waals surface area contributed by atoms with Crippen LogP contribution in [0.1, 0.15) is 0 Å². The van der Waals surface area contributed by atoms with E-state index in [1.807, 2.05) is 28.8 Å². The number of fused-ring (bicyclic) bond motifs is 1. The van der Waals surface area contributed by atoms with Crippen LogP contribution in [0.25, 0.3) is 5.52 Å². The van der Waals surface area contributed by atoms with Gasteiger partial charge in [0.25, 0.3) is 0 Å². The number of benzene rings is 1. The number of aromatic nitrogens is 2. The Morgan fingerprint density at radius 2 is 2.04 bits per heavy atom. The number of hydrogen-bond donors (Lipinski definition) is 1. The predicted molar refractivity (Wildman–Crippen MR) is 87.6 cm³/mol. The number of imidazole rings is 1. The van der Waals surface area contributed by atoms with Crippen molar-refractivity contribution in [1.29, 1.82) is 0 Å². The first-order valence-electron chi connectivity index (χ1n) is 7.02. The molecule has 1 aromatic carbocycles. The Hall–Kier alpha value is -2.61. The van der Waals surface area contributed by atoms with E-state index < -0.39 is 6.61 Å². The molecule has 0 unspecified atom stereocenters. The summed E-state index contributed by atoms with van der Waals surface area (Å²) in [6, 6.07) is 11.7. The topological polar surface area (TPSA) is 55.6 Å². The lowest BCUT2D eigenvalue weighted by atomic mass is 10.3. The monoisotopic (exact) mass is 349 g/mol. The van der Waals surface area contributed by atoms with Crippen molar-refractivity contribution in [2.24, 2.45) is 0 Å². The first-order valence-corrected chi connectivity index (χ1v) is 8.00. The first kappa shape index (κ1) is 16.3. The number of nitrogens with zero attached hydrogens (tertiary/aromatic N) is 2. The molecule has 8 heteroatoms. The van der Waals surface area contributed by atoms with Gasteiger partial charge in [-0.1, -0.05) is 30.0 Å². The molecule has 1 amide bonds. The van der Waals surface area contributed by atoms with Crippen LogP contribution in [-0.4, -0.2) is 27.7 Å². The molecule has 3 rings (SSSR count). The smallest absolute Gasteiger partial charge is 0.387 e. The molecule has 1 N–H and O–H groups in total. The number of pyridine rings is 1. The van der Waals surface area contributed by atoms with Gasteiger partial charge in [0.05, 0.1) is 23.2 Å². The molecular weight excluding hydrogens is 336 g/mol. The number of carbonyl (C=O) groups is 1. The summed E-state index contributed by atoms with van der Waals surface area (Å²) < 4.78 is 31.0. The number of carbonyl (C=O) groups excluding carboxylic acids is 1. The van der Waals surface area contributed by atoms with E-state index in [1.54, 1.807) is 18.3 Å². The fourth-order valence-corrected chi connectivity index (χ4v) is 2.88. The molecule has 0 bridgehead atoms. The molecule has 3 aromatic rings. The van der Waals surface area contributed by atoms with Crippen LogP contribution in [0.2, 0.25) is 0 Å². The second kappa shape index (κ2) is 7.31. The van der Waals surface area contributed by atoms with E-state index in [0.717, 1.165) is 5.52 Å². The van der Waals surface area contributed by atoms with Gasteiger partial charge >= 0.3 is 6.61 Å². The van der Waals surface area contributed by atoms with Crippen molar-refractivity contribution in [3.63, 3.8) is 0 Å². The minimum atomic E-state index is -2.95. The lowest BCUT2D eigenvalue weighted by Crippen LogP contribution is -2.15. The van der Waals surface area contributed by atoms with Gasteiger partial charge in [0.2, 0.25) is 5.91 Å². The van der Waals surface area contributed by atoms with Crippen LogP contribution in [0.4, 0.5) is 14.5 Å². The number of para-hydroxylation sites is 2. The van der Waals surface area contributed by atoms with Gasteiger partial charge in [-0.3, -0.25) is 9.20 Å². The number of thioether (sulfide) groups is 1. The van der Waals surface area contributed by atoms with Crippen molar-refractivity contribution in [1.82, 2.24) is 9.38 Å². The Kier molecular flexibility index (Phi) is 4.95. The van der Waals surface area contributed by atoms with Crippen LogP contribution in [0, 0.1) is 0 Å². The summed E-state index contributed by atoms with van der Waals surface area (Å²) in [6.45, 7) is -2.95. The molecule has 0 aliphatic heterocycles. The molecule has 2 aromatic heterocycles. The number of alkyl halides is 2. The third-order valence-corrected chi connectivity index (χ3v) is 4.08. The average molecular weight is 349 g/mol. The zero-order valence-corrected chi connectivity index (χ0v) is 13.2. The Balaban J connectivity index is 1.64. The Labute approximate surface area is 140 Å². The summed E-state index contributed by atoms with van der Waals surface area (Å²) in [6.07, 6.45) is 3.57. The Morgan fingerprint density at radius 3 is 2.88 bits per heavy atom. The van der Waals surface area contributed by atoms with Crippen LogP contribution in [0.5, 0.6) is 5.75 Å². The van der Waals surface area contributed by atoms with Crippen molar-refractivity contribution < 1.29 is 18.3 Å². The zero-order valence-electron chi connectivity index (χ0n) is 12.4. The van der Waals surface area contributed by atoms with Gasteiger partial charge in [0, 0.05) is 6.20 Å². The molecule has 0 saturated carbocycles. The third kappa shape index (κ3) is 3.83. The molecule has 0 radical (unpaired) electrons. The molecule has 0 aliphatic carbocycles. The highest BCUT2D eigenvalue weighted by Crippen LogP contribution is 2.26. The second-order valence-electron chi connectivity index (χ2n) is 4.75. The maximum Gasteiger partial charge on any atom is 0.387 e. The van der Waals surface area contributed by atoms with E-state index in [0.29, 0.717) is 5.16 Å². The molecule has 0 spiro atoms. The van der Waals surface area contributed by atoms with Gasteiger partial charge in [0.15, 0.2) is 5.16 Å². The number of halogens is 2. The predicted octanol–water partition coefficient (Wildman–Crippen LogP) is 3.67. The largest absolute Gasteiger partial charge is 0.433 e. The number of nitrogens with one attached hydrogen (secondary N) is 1. The highest BCUT2D eigenvalue weighted by molar-refractivity contribution is 7.99. The number of ether oxygens (including phenoxy) is 1. The highest BCUT2D eigenvalue weighted by Gasteiger charge is 2.12. The second-order valence-corrected chi connectivity index (χ2v) is 5.69. The summed E-state index contributed by atoms with van der Waals surface area (Å²) >= 11 is 1.25. The average Bonchev–Trinajstić information content (AvgIpc) is 2.98. The van der Waals surface area contributed by atoms with E-state index in [2.05, 4.69) is 15.0 Å². The third-order valence-electron chi connectivity index (χ3n) is 3.11. The van der Waals surface area contributed by atoms with Gasteiger partial charge in [0.1, 0.15) is 5.75 Å². The number of rotatable bonds is 6. The van der Waals surface area contributed by atoms with E-state index in [9.17, 15) is 13.6 Å². The molecular formula is C16H13F2N3O2S. The fraction of sp³-hybridized carbons (Fsp3) is 0.125. The van der Waals surface area contributed by atoms with Crippen LogP contribution in [0.3, 0.4) is 0 Å². The SMILES string of the molecule is O=C(CSc1ncc2ccccn12)Nc1ccccc1OC(F)F. The summed E-state index contributed by atoms with van der Waals surface area (Å²) in [7, 11) is 0. The quantitative estimate of drug-likeness (QED) is 0.690. The molecule has 0 aliphatic rings. The molecule has 0 saturated heterocycles. The molecule has 0 atom stereocenters. The normalized spacial score (nSPS) is 11.0. The molecule has 2 heterocycles. The molecule has 5 nitrogen and oxygen atoms in total. The minimum absolute atomic E-state index is 0.0721. The highest BCUT2D eigenvalue weighted by atomic mass is 32.2. The van der Waals surface area contributed by atoms with Crippen molar-refractivity contribution in [3.05, 3.63) is 54.9 Å². The summed E-state index contributed by atoms with van der Waals surface area (Å²) in [5.41, 5.74) is 1.13. The summed E-state index contributed by atoms with van der Waals surface area (Å²) in [5, 5.41) is 3.25. The van der Waals surface area contributed by atoms with Gasteiger partial charge in [-0.05, 0) is 24.3 Å². The maximum absolute atomic E-state index is 12.4. The van der Waals surface area contributed by atoms with E-state index in [1.165, 1.54) is 23.9 Å². The summed E-state index contributed by atoms with van der Waals surface area (Å²) in [4.78, 5) is 16.3. The molecule has 124 valence electrons. The lowest BCUT2D eigenvalue weighted by Gasteiger charge is -2.11. The van der Waals surface area contributed by atoms with Crippen LogP contribution in [-0.2, 0) is 4.79 Å². The zero-order chi connectivity index (χ0) is 16.9. The fourth-order valence-electron chi connectivity index (χ4n) is 2.11. The maximum atomic E-state index is 12.4. The van der Waals surface area contributed by atoms with Gasteiger partial charge in [-0.25, -0.2) is 4.98 Å². The summed E-state index contributed by atoms with van der Waals surface area (Å²) in [5.74, 6) is -0.313. The van der Waals surface area contributed by atoms with Crippen molar-refractivity contribution in [2.75, 3.05) is 11.1 Å². The molecule has 0 fully saturated rings. The van der Waals surface area contributed by atoms with E-state index in [4.69, 9.17) is 0 Å². The number of anilines is 1. The first-order chi connectivity index (χ1) is 11.6. The Bertz CT molecular complexity index is 854. The van der Waals surface area contributed by atoms with Gasteiger partial charge in [-0.15, -0.1) is 0 Å². The van der Waals surface area contributed by atoms with Crippen LogP contribution in [0.15, 0.2) is 60.0 Å².